The number of pyridine rings is 1. The molecule has 1 aliphatic heterocycles. The summed E-state index contributed by atoms with van der Waals surface area (Å²) in [6, 6.07) is 3.61. The van der Waals surface area contributed by atoms with Crippen LogP contribution in [-0.2, 0) is 4.79 Å². The number of aryl methyl sites for hydroxylation is 1. The van der Waals surface area contributed by atoms with Crippen molar-refractivity contribution in [1.29, 1.82) is 0 Å². The molecule has 2 aromatic rings. The first kappa shape index (κ1) is 15.2. The number of nitrogens with zero attached hydrogens (tertiary/aromatic N) is 3. The molecule has 112 valence electrons. The highest BCUT2D eigenvalue weighted by molar-refractivity contribution is 8.26. The molecule has 0 saturated carbocycles. The number of aromatic nitrogens is 2. The molecule has 1 fully saturated rings. The Hall–Kier alpha value is -1.70. The van der Waals surface area contributed by atoms with Gasteiger partial charge in [-0.2, -0.15) is 0 Å². The van der Waals surface area contributed by atoms with Crippen LogP contribution in [-0.4, -0.2) is 31.6 Å². The average molecular weight is 352 g/mol. The summed E-state index contributed by atoms with van der Waals surface area (Å²) >= 11 is 12.3. The van der Waals surface area contributed by atoms with Crippen molar-refractivity contribution >= 4 is 57.5 Å². The van der Waals surface area contributed by atoms with Gasteiger partial charge in [0.25, 0.3) is 11.5 Å². The Labute approximate surface area is 140 Å². The molecular weight excluding hydrogens is 342 g/mol. The molecule has 1 amide bonds. The SMILES string of the molecule is Cc1cccn2c(=O)c(C=C3SC(=S)N(C)C3=O)c(Cl)nc12. The number of hydrogen-bond donors (Lipinski definition) is 0. The summed E-state index contributed by atoms with van der Waals surface area (Å²) in [5.74, 6) is -0.250. The third-order valence-corrected chi connectivity index (χ3v) is 5.07. The fraction of sp³-hybridized carbons (Fsp3) is 0.143. The van der Waals surface area contributed by atoms with Crippen molar-refractivity contribution < 1.29 is 4.79 Å². The molecule has 8 heteroatoms. The fourth-order valence-corrected chi connectivity index (χ4v) is 3.46. The molecule has 0 N–H and O–H groups in total. The maximum atomic E-state index is 12.6. The van der Waals surface area contributed by atoms with Crippen LogP contribution in [0.15, 0.2) is 28.0 Å². The van der Waals surface area contributed by atoms with Gasteiger partial charge in [0.05, 0.1) is 10.5 Å². The molecule has 0 spiro atoms. The van der Waals surface area contributed by atoms with Crippen molar-refractivity contribution in [2.45, 2.75) is 6.92 Å². The number of thiocarbonyl (C=S) groups is 1. The summed E-state index contributed by atoms with van der Waals surface area (Å²) in [5.41, 5.74) is 1.20. The van der Waals surface area contributed by atoms with Crippen molar-refractivity contribution in [1.82, 2.24) is 14.3 Å². The van der Waals surface area contributed by atoms with Crippen LogP contribution in [0.1, 0.15) is 11.1 Å². The average Bonchev–Trinajstić information content (AvgIpc) is 2.72. The minimum Gasteiger partial charge on any atom is -0.296 e. The highest BCUT2D eigenvalue weighted by Gasteiger charge is 2.29. The zero-order valence-electron chi connectivity index (χ0n) is 11.7. The third kappa shape index (κ3) is 2.35. The van der Waals surface area contributed by atoms with Crippen LogP contribution < -0.4 is 5.56 Å². The van der Waals surface area contributed by atoms with E-state index < -0.39 is 0 Å². The Bertz CT molecular complexity index is 920. The molecule has 5 nitrogen and oxygen atoms in total. The monoisotopic (exact) mass is 351 g/mol. The lowest BCUT2D eigenvalue weighted by Crippen LogP contribution is -2.22. The summed E-state index contributed by atoms with van der Waals surface area (Å²) in [6.07, 6.45) is 3.08. The first-order valence-corrected chi connectivity index (χ1v) is 7.89. The van der Waals surface area contributed by atoms with Gasteiger partial charge in [-0.3, -0.25) is 18.9 Å². The van der Waals surface area contributed by atoms with E-state index in [-0.39, 0.29) is 22.2 Å². The lowest BCUT2D eigenvalue weighted by molar-refractivity contribution is -0.121. The van der Waals surface area contributed by atoms with Gasteiger partial charge in [-0.05, 0) is 24.6 Å². The molecule has 0 bridgehead atoms. The molecule has 3 heterocycles. The summed E-state index contributed by atoms with van der Waals surface area (Å²) in [7, 11) is 1.59. The standard InChI is InChI=1S/C14H10ClN3O2S2/c1-7-4-3-5-18-11(7)16-10(15)8(12(18)19)6-9-13(20)17(2)14(21)22-9/h3-6H,1-2H3. The van der Waals surface area contributed by atoms with E-state index in [1.54, 1.807) is 19.3 Å². The number of fused-ring (bicyclic) bond motifs is 1. The normalized spacial score (nSPS) is 17.0. The first-order valence-electron chi connectivity index (χ1n) is 6.29. The predicted octanol–water partition coefficient (Wildman–Crippen LogP) is 2.49. The lowest BCUT2D eigenvalue weighted by atomic mass is 10.2. The topological polar surface area (TPSA) is 54.7 Å². The second-order valence-corrected chi connectivity index (χ2v) is 6.78. The van der Waals surface area contributed by atoms with Crippen molar-refractivity contribution in [3.8, 4) is 0 Å². The van der Waals surface area contributed by atoms with E-state index in [0.29, 0.717) is 14.9 Å². The van der Waals surface area contributed by atoms with E-state index in [0.717, 1.165) is 17.3 Å². The number of hydrogen-bond acceptors (Lipinski definition) is 5. The Kier molecular flexibility index (Phi) is 3.80. The second kappa shape index (κ2) is 5.49. The van der Waals surface area contributed by atoms with Crippen LogP contribution in [0.25, 0.3) is 11.7 Å². The van der Waals surface area contributed by atoms with Crippen LogP contribution in [0, 0.1) is 6.92 Å². The smallest absolute Gasteiger partial charge is 0.266 e. The molecule has 0 radical (unpaired) electrons. The van der Waals surface area contributed by atoms with Gasteiger partial charge in [0.2, 0.25) is 0 Å². The van der Waals surface area contributed by atoms with Crippen LogP contribution in [0.5, 0.6) is 0 Å². The van der Waals surface area contributed by atoms with Gasteiger partial charge in [0, 0.05) is 13.2 Å². The zero-order valence-corrected chi connectivity index (χ0v) is 14.1. The third-order valence-electron chi connectivity index (χ3n) is 3.30. The Balaban J connectivity index is 2.23. The van der Waals surface area contributed by atoms with Crippen molar-refractivity contribution in [2.75, 3.05) is 7.05 Å². The minimum absolute atomic E-state index is 0.0701. The maximum absolute atomic E-state index is 12.6. The van der Waals surface area contributed by atoms with Gasteiger partial charge in [-0.15, -0.1) is 0 Å². The van der Waals surface area contributed by atoms with Crippen molar-refractivity contribution in [3.63, 3.8) is 0 Å². The van der Waals surface area contributed by atoms with Crippen LogP contribution in [0.2, 0.25) is 5.15 Å². The van der Waals surface area contributed by atoms with Gasteiger partial charge in [0.1, 0.15) is 15.1 Å². The Morgan fingerprint density at radius 1 is 1.41 bits per heavy atom. The van der Waals surface area contributed by atoms with Gasteiger partial charge >= 0.3 is 0 Å². The number of amides is 1. The molecule has 2 aromatic heterocycles. The summed E-state index contributed by atoms with van der Waals surface area (Å²) in [6.45, 7) is 1.85. The number of halogens is 1. The molecule has 3 rings (SSSR count). The summed E-state index contributed by atoms with van der Waals surface area (Å²) in [4.78, 5) is 30.6. The number of likely N-dealkylation sites (N-methyl/N-ethyl adjacent to an activating group) is 1. The first-order chi connectivity index (χ1) is 10.4. The van der Waals surface area contributed by atoms with Crippen LogP contribution in [0.4, 0.5) is 0 Å². The van der Waals surface area contributed by atoms with E-state index in [9.17, 15) is 9.59 Å². The van der Waals surface area contributed by atoms with E-state index >= 15 is 0 Å². The van der Waals surface area contributed by atoms with Crippen LogP contribution in [0.3, 0.4) is 0 Å². The van der Waals surface area contributed by atoms with Gasteiger partial charge < -0.3 is 0 Å². The lowest BCUT2D eigenvalue weighted by Gasteiger charge is -2.06. The Morgan fingerprint density at radius 3 is 2.77 bits per heavy atom. The molecule has 1 saturated heterocycles. The van der Waals surface area contributed by atoms with Crippen molar-refractivity contribution in [2.24, 2.45) is 0 Å². The molecule has 0 aromatic carbocycles. The van der Waals surface area contributed by atoms with Gasteiger partial charge in [-0.25, -0.2) is 4.98 Å². The minimum atomic E-state index is -0.319. The summed E-state index contributed by atoms with van der Waals surface area (Å²) in [5, 5.41) is 0.0701. The number of rotatable bonds is 1. The molecular formula is C14H10ClN3O2S2. The van der Waals surface area contributed by atoms with E-state index in [2.05, 4.69) is 4.98 Å². The molecule has 0 unspecified atom stereocenters. The van der Waals surface area contributed by atoms with Gasteiger partial charge in [-0.1, -0.05) is 41.6 Å². The molecule has 1 aliphatic rings. The van der Waals surface area contributed by atoms with Crippen molar-refractivity contribution in [3.05, 3.63) is 49.9 Å². The quantitative estimate of drug-likeness (QED) is 0.449. The predicted molar refractivity (Wildman–Crippen MR) is 92.1 cm³/mol. The molecule has 0 atom stereocenters. The number of thioether (sulfide) groups is 1. The molecule has 22 heavy (non-hydrogen) atoms. The van der Waals surface area contributed by atoms with Crippen LogP contribution >= 0.6 is 35.6 Å². The second-order valence-electron chi connectivity index (χ2n) is 4.75. The Morgan fingerprint density at radius 2 is 2.14 bits per heavy atom. The van der Waals surface area contributed by atoms with E-state index in [1.807, 2.05) is 13.0 Å². The summed E-state index contributed by atoms with van der Waals surface area (Å²) < 4.78 is 1.86. The highest BCUT2D eigenvalue weighted by atomic mass is 35.5. The fourth-order valence-electron chi connectivity index (χ4n) is 2.08. The van der Waals surface area contributed by atoms with Gasteiger partial charge in [0.15, 0.2) is 0 Å². The largest absolute Gasteiger partial charge is 0.296 e. The zero-order chi connectivity index (χ0) is 16.0. The highest BCUT2D eigenvalue weighted by Crippen LogP contribution is 2.31. The number of carbonyl (C=O) groups is 1. The molecule has 0 aliphatic carbocycles. The maximum Gasteiger partial charge on any atom is 0.266 e. The van der Waals surface area contributed by atoms with E-state index in [1.165, 1.54) is 15.4 Å². The number of carbonyl (C=O) groups excluding carboxylic acids is 1. The van der Waals surface area contributed by atoms with E-state index in [4.69, 9.17) is 23.8 Å².